The summed E-state index contributed by atoms with van der Waals surface area (Å²) >= 11 is 1.32. The quantitative estimate of drug-likeness (QED) is 0.342. The summed E-state index contributed by atoms with van der Waals surface area (Å²) in [5.74, 6) is -2.06. The number of hydrogen-bond acceptors (Lipinski definition) is 8. The molecule has 2 aromatic heterocycles. The van der Waals surface area contributed by atoms with E-state index in [1.165, 1.54) is 23.5 Å². The van der Waals surface area contributed by atoms with Crippen molar-refractivity contribution in [3.63, 3.8) is 0 Å². The first-order chi connectivity index (χ1) is 20.4. The maximum atomic E-state index is 13.6. The van der Waals surface area contributed by atoms with Gasteiger partial charge in [0.25, 0.3) is 0 Å². The molecule has 1 aromatic carbocycles. The van der Waals surface area contributed by atoms with Gasteiger partial charge in [0.1, 0.15) is 16.9 Å². The Balaban J connectivity index is 1.48. The molecule has 1 aliphatic carbocycles. The Morgan fingerprint density at radius 2 is 1.81 bits per heavy atom. The summed E-state index contributed by atoms with van der Waals surface area (Å²) in [6.07, 6.45) is -2.46. The average Bonchev–Trinajstić information content (AvgIpc) is 3.42. The number of amides is 1. The van der Waals surface area contributed by atoms with Crippen LogP contribution in [0.1, 0.15) is 43.7 Å². The third kappa shape index (κ3) is 7.51. The molecule has 3 heterocycles. The van der Waals surface area contributed by atoms with Gasteiger partial charge in [0.05, 0.1) is 46.5 Å². The highest BCUT2D eigenvalue weighted by molar-refractivity contribution is 7.91. The average molecular weight is 636 g/mol. The van der Waals surface area contributed by atoms with E-state index >= 15 is 0 Å². The molecular weight excluding hydrogens is 606 g/mol. The highest BCUT2D eigenvalue weighted by Gasteiger charge is 2.38. The van der Waals surface area contributed by atoms with Crippen LogP contribution in [0.4, 0.5) is 23.2 Å². The predicted octanol–water partition coefficient (Wildman–Crippen LogP) is 5.48. The zero-order valence-corrected chi connectivity index (χ0v) is 24.6. The van der Waals surface area contributed by atoms with Gasteiger partial charge in [-0.05, 0) is 42.7 Å². The largest absolute Gasteiger partial charge is 0.392 e. The minimum absolute atomic E-state index is 0.0858. The molecule has 3 aromatic rings. The van der Waals surface area contributed by atoms with Crippen LogP contribution < -0.4 is 10.2 Å². The normalized spacial score (nSPS) is 21.1. The fraction of sp³-hybridized carbons (Fsp3) is 0.448. The minimum Gasteiger partial charge on any atom is -0.369 e. The molecule has 228 valence electrons. The van der Waals surface area contributed by atoms with E-state index in [2.05, 4.69) is 10.3 Å². The number of sulfone groups is 1. The molecule has 2 aliphatic rings. The molecule has 5 rings (SSSR count). The first-order valence-electron chi connectivity index (χ1n) is 13.9. The fourth-order valence-electron chi connectivity index (χ4n) is 5.61. The molecule has 14 heteroatoms. The predicted molar refractivity (Wildman–Crippen MR) is 155 cm³/mol. The van der Waals surface area contributed by atoms with Crippen LogP contribution in [0, 0.1) is 23.1 Å². The number of pyridine rings is 1. The van der Waals surface area contributed by atoms with E-state index in [1.54, 1.807) is 6.07 Å². The number of aromatic nitrogens is 2. The smallest absolute Gasteiger partial charge is 0.369 e. The lowest BCUT2D eigenvalue weighted by molar-refractivity contribution is -0.140. The lowest BCUT2D eigenvalue weighted by atomic mass is 9.76. The number of nitrogens with one attached hydrogen (secondary N) is 1. The van der Waals surface area contributed by atoms with E-state index in [0.29, 0.717) is 48.7 Å². The van der Waals surface area contributed by atoms with E-state index in [4.69, 9.17) is 4.98 Å². The van der Waals surface area contributed by atoms with E-state index in [0.717, 1.165) is 28.7 Å². The Labute approximate surface area is 250 Å². The SMILES string of the molecule is N#CC(CC(F)(F)F)NC(=O)[C@@H]1CCCC[C@H]1c1nc(-c2ccc(F)cn2)sc1-c1ccc(N2CCS(=O)(=O)CC2)cc1. The van der Waals surface area contributed by atoms with Crippen molar-refractivity contribution in [3.8, 4) is 27.2 Å². The Bertz CT molecular complexity index is 1590. The van der Waals surface area contributed by atoms with E-state index < -0.39 is 52.0 Å². The Kier molecular flexibility index (Phi) is 9.03. The summed E-state index contributed by atoms with van der Waals surface area (Å²) in [4.78, 5) is 25.1. The highest BCUT2D eigenvalue weighted by atomic mass is 32.2. The molecule has 1 aliphatic heterocycles. The zero-order chi connectivity index (χ0) is 30.8. The molecule has 3 atom stereocenters. The molecular formula is C29H29F4N5O3S2. The number of rotatable bonds is 7. The summed E-state index contributed by atoms with van der Waals surface area (Å²) in [7, 11) is -3.03. The zero-order valence-electron chi connectivity index (χ0n) is 23.0. The summed E-state index contributed by atoms with van der Waals surface area (Å²) in [5, 5.41) is 12.1. The number of nitriles is 1. The number of carbonyl (C=O) groups is 1. The molecule has 1 saturated carbocycles. The summed E-state index contributed by atoms with van der Waals surface area (Å²) in [6, 6.07) is 10.2. The first kappa shape index (κ1) is 30.9. The van der Waals surface area contributed by atoms with Crippen LogP contribution in [0.2, 0.25) is 0 Å². The van der Waals surface area contributed by atoms with Gasteiger partial charge < -0.3 is 10.2 Å². The van der Waals surface area contributed by atoms with Gasteiger partial charge in [-0.3, -0.25) is 9.78 Å². The molecule has 1 amide bonds. The van der Waals surface area contributed by atoms with E-state index in [-0.39, 0.29) is 11.5 Å². The first-order valence-corrected chi connectivity index (χ1v) is 16.5. The monoisotopic (exact) mass is 635 g/mol. The number of alkyl halides is 3. The maximum absolute atomic E-state index is 13.6. The van der Waals surface area contributed by atoms with E-state index in [1.807, 2.05) is 29.2 Å². The molecule has 2 fully saturated rings. The lowest BCUT2D eigenvalue weighted by Gasteiger charge is -2.31. The summed E-state index contributed by atoms with van der Waals surface area (Å²) < 4.78 is 76.2. The van der Waals surface area contributed by atoms with Gasteiger partial charge >= 0.3 is 6.18 Å². The molecule has 1 unspecified atom stereocenters. The number of anilines is 1. The van der Waals surface area contributed by atoms with Crippen LogP contribution in [-0.2, 0) is 14.6 Å². The van der Waals surface area contributed by atoms with Crippen molar-refractivity contribution in [1.82, 2.24) is 15.3 Å². The molecule has 1 N–H and O–H groups in total. The molecule has 8 nitrogen and oxygen atoms in total. The second kappa shape index (κ2) is 12.6. The van der Waals surface area contributed by atoms with E-state index in [9.17, 15) is 36.0 Å². The van der Waals surface area contributed by atoms with Crippen molar-refractivity contribution in [1.29, 1.82) is 5.26 Å². The van der Waals surface area contributed by atoms with Crippen molar-refractivity contribution >= 4 is 32.8 Å². The van der Waals surface area contributed by atoms with Crippen molar-refractivity contribution in [3.05, 3.63) is 54.1 Å². The third-order valence-corrected chi connectivity index (χ3v) is 10.6. The molecule has 1 saturated heterocycles. The minimum atomic E-state index is -4.60. The molecule has 0 radical (unpaired) electrons. The lowest BCUT2D eigenvalue weighted by Crippen LogP contribution is -2.43. The second-order valence-corrected chi connectivity index (χ2v) is 14.1. The summed E-state index contributed by atoms with van der Waals surface area (Å²) in [5.41, 5.74) is 2.71. The number of halogens is 4. The number of benzene rings is 1. The second-order valence-electron chi connectivity index (χ2n) is 10.8. The van der Waals surface area contributed by atoms with Gasteiger partial charge in [-0.1, -0.05) is 25.0 Å². The molecule has 43 heavy (non-hydrogen) atoms. The number of carbonyl (C=O) groups excluding carboxylic acids is 1. The fourth-order valence-corrected chi connectivity index (χ4v) is 7.93. The third-order valence-electron chi connectivity index (χ3n) is 7.80. The topological polar surface area (TPSA) is 116 Å². The van der Waals surface area contributed by atoms with Crippen molar-refractivity contribution in [2.45, 2.75) is 50.2 Å². The number of nitrogens with zero attached hydrogens (tertiary/aromatic N) is 4. The summed E-state index contributed by atoms with van der Waals surface area (Å²) in [6.45, 7) is 0.787. The van der Waals surface area contributed by atoms with Gasteiger partial charge in [-0.15, -0.1) is 11.3 Å². The Morgan fingerprint density at radius 1 is 1.12 bits per heavy atom. The van der Waals surface area contributed by atoms with Crippen LogP contribution in [0.3, 0.4) is 0 Å². The Morgan fingerprint density at radius 3 is 2.44 bits per heavy atom. The van der Waals surface area contributed by atoms with Gasteiger partial charge in [-0.2, -0.15) is 18.4 Å². The molecule has 0 spiro atoms. The standard InChI is InChI=1S/C29H29F4N5O3S2/c30-19-7-10-24(35-17-19)28-37-25(22-3-1-2-4-23(22)27(39)36-20(16-34)15-29(31,32)33)26(42-28)18-5-8-21(9-6-18)38-11-13-43(40,41)14-12-38/h5-10,17,20,22-23H,1-4,11-15H2,(H,36,39)/t20?,22-,23-/m1/s1. The van der Waals surface area contributed by atoms with Crippen LogP contribution in [0.5, 0.6) is 0 Å². The number of thiazole rings is 1. The van der Waals surface area contributed by atoms with Crippen LogP contribution >= 0.6 is 11.3 Å². The van der Waals surface area contributed by atoms with Gasteiger partial charge in [0.2, 0.25) is 5.91 Å². The maximum Gasteiger partial charge on any atom is 0.392 e. The van der Waals surface area contributed by atoms with Crippen molar-refractivity contribution < 1.29 is 30.8 Å². The Hall–Kier alpha value is -3.57. The van der Waals surface area contributed by atoms with Gasteiger partial charge in [-0.25, -0.2) is 17.8 Å². The molecule has 0 bridgehead atoms. The van der Waals surface area contributed by atoms with Crippen LogP contribution in [0.25, 0.3) is 21.1 Å². The van der Waals surface area contributed by atoms with Crippen molar-refractivity contribution in [2.75, 3.05) is 29.5 Å². The van der Waals surface area contributed by atoms with Gasteiger partial charge in [0.15, 0.2) is 9.84 Å². The van der Waals surface area contributed by atoms with Crippen LogP contribution in [-0.4, -0.2) is 61.1 Å². The number of hydrogen-bond donors (Lipinski definition) is 1. The van der Waals surface area contributed by atoms with Gasteiger partial charge in [0, 0.05) is 30.6 Å². The van der Waals surface area contributed by atoms with Crippen LogP contribution in [0.15, 0.2) is 42.6 Å². The van der Waals surface area contributed by atoms with Crippen molar-refractivity contribution in [2.24, 2.45) is 5.92 Å². The highest BCUT2D eigenvalue weighted by Crippen LogP contribution is 2.46.